The summed E-state index contributed by atoms with van der Waals surface area (Å²) in [5.41, 5.74) is 0.309. The highest BCUT2D eigenvalue weighted by molar-refractivity contribution is 6.10. The number of anilines is 1. The van der Waals surface area contributed by atoms with Crippen molar-refractivity contribution in [3.05, 3.63) is 63.7 Å². The zero-order chi connectivity index (χ0) is 22.1. The Morgan fingerprint density at radius 2 is 1.90 bits per heavy atom. The first-order valence-corrected chi connectivity index (χ1v) is 8.99. The molecule has 0 aromatic heterocycles. The first kappa shape index (κ1) is 20.8. The molecule has 10 nitrogen and oxygen atoms in total. The van der Waals surface area contributed by atoms with Gasteiger partial charge in [-0.15, -0.1) is 0 Å². The van der Waals surface area contributed by atoms with Crippen molar-refractivity contribution in [2.75, 3.05) is 19.0 Å². The molecule has 4 amide bonds. The number of ether oxygens (including phenoxy) is 1. The first-order valence-electron chi connectivity index (χ1n) is 8.99. The highest BCUT2D eigenvalue weighted by atomic mass is 16.6. The molecule has 0 radical (unpaired) electrons. The number of nitrogens with zero attached hydrogens (tertiary/aromatic N) is 2. The smallest absolute Gasteiger partial charge is 0.325 e. The van der Waals surface area contributed by atoms with E-state index in [1.807, 2.05) is 19.1 Å². The van der Waals surface area contributed by atoms with E-state index >= 15 is 0 Å². The van der Waals surface area contributed by atoms with E-state index in [0.29, 0.717) is 5.56 Å². The Morgan fingerprint density at radius 1 is 1.23 bits per heavy atom. The number of non-ortho nitro benzene ring substituents is 1. The third-order valence-corrected chi connectivity index (χ3v) is 4.88. The van der Waals surface area contributed by atoms with Crippen molar-refractivity contribution >= 4 is 29.2 Å². The Kier molecular flexibility index (Phi) is 5.41. The molecule has 3 rings (SSSR count). The fourth-order valence-corrected chi connectivity index (χ4v) is 3.15. The molecule has 2 aromatic carbocycles. The second-order valence-corrected chi connectivity index (χ2v) is 7.00. The van der Waals surface area contributed by atoms with Gasteiger partial charge in [0.25, 0.3) is 11.6 Å². The van der Waals surface area contributed by atoms with Gasteiger partial charge in [0.15, 0.2) is 0 Å². The Balaban J connectivity index is 1.76. The van der Waals surface area contributed by atoms with Gasteiger partial charge < -0.3 is 15.4 Å². The summed E-state index contributed by atoms with van der Waals surface area (Å²) >= 11 is 0. The molecule has 1 heterocycles. The van der Waals surface area contributed by atoms with E-state index in [4.69, 9.17) is 4.74 Å². The Bertz CT molecular complexity index is 1040. The maximum absolute atomic E-state index is 12.9. The number of aryl methyl sites for hydroxylation is 1. The number of nitrogens with one attached hydrogen (secondary N) is 2. The molecule has 1 atom stereocenters. The molecule has 0 bridgehead atoms. The number of amides is 4. The lowest BCUT2D eigenvalue weighted by molar-refractivity contribution is -0.384. The normalized spacial score (nSPS) is 18.2. The summed E-state index contributed by atoms with van der Waals surface area (Å²) in [6.45, 7) is 2.96. The predicted molar refractivity (Wildman–Crippen MR) is 107 cm³/mol. The lowest BCUT2D eigenvalue weighted by Crippen LogP contribution is -2.42. The summed E-state index contributed by atoms with van der Waals surface area (Å²) < 4.78 is 5.07. The number of methoxy groups -OCH3 is 1. The predicted octanol–water partition coefficient (Wildman–Crippen LogP) is 2.32. The van der Waals surface area contributed by atoms with Crippen molar-refractivity contribution in [1.82, 2.24) is 10.2 Å². The van der Waals surface area contributed by atoms with E-state index < -0.39 is 34.9 Å². The van der Waals surface area contributed by atoms with Crippen LogP contribution < -0.4 is 15.4 Å². The largest absolute Gasteiger partial charge is 0.494 e. The van der Waals surface area contributed by atoms with Crippen molar-refractivity contribution in [2.24, 2.45) is 0 Å². The molecule has 0 aliphatic carbocycles. The third kappa shape index (κ3) is 3.79. The van der Waals surface area contributed by atoms with Crippen LogP contribution >= 0.6 is 0 Å². The molecule has 0 spiro atoms. The van der Waals surface area contributed by atoms with Crippen LogP contribution in [0.5, 0.6) is 5.75 Å². The van der Waals surface area contributed by atoms with Crippen molar-refractivity contribution in [3.8, 4) is 5.75 Å². The van der Waals surface area contributed by atoms with Gasteiger partial charge in [-0.1, -0.05) is 29.8 Å². The van der Waals surface area contributed by atoms with Crippen molar-refractivity contribution in [2.45, 2.75) is 19.4 Å². The summed E-state index contributed by atoms with van der Waals surface area (Å²) in [5.74, 6) is -1.12. The second-order valence-electron chi connectivity index (χ2n) is 7.00. The molecule has 0 saturated carbocycles. The summed E-state index contributed by atoms with van der Waals surface area (Å²) in [6.07, 6.45) is 0. The molecule has 1 aliphatic heterocycles. The van der Waals surface area contributed by atoms with E-state index in [1.165, 1.54) is 19.2 Å². The molecule has 10 heteroatoms. The second kappa shape index (κ2) is 7.82. The van der Waals surface area contributed by atoms with Crippen molar-refractivity contribution in [3.63, 3.8) is 0 Å². The number of hydrogen-bond donors (Lipinski definition) is 2. The molecule has 1 aliphatic rings. The average molecular weight is 412 g/mol. The summed E-state index contributed by atoms with van der Waals surface area (Å²) in [6, 6.07) is 10.2. The van der Waals surface area contributed by atoms with E-state index in [1.54, 1.807) is 19.1 Å². The quantitative estimate of drug-likeness (QED) is 0.425. The van der Waals surface area contributed by atoms with Gasteiger partial charge in [0.2, 0.25) is 5.91 Å². The van der Waals surface area contributed by atoms with Crippen LogP contribution in [-0.2, 0) is 15.1 Å². The lowest BCUT2D eigenvalue weighted by atomic mass is 9.91. The number of nitro groups is 1. The molecular weight excluding hydrogens is 392 g/mol. The number of hydrogen-bond acceptors (Lipinski definition) is 6. The lowest BCUT2D eigenvalue weighted by Gasteiger charge is -2.22. The highest BCUT2D eigenvalue weighted by Crippen LogP contribution is 2.30. The molecule has 2 N–H and O–H groups in total. The van der Waals surface area contributed by atoms with Crippen molar-refractivity contribution < 1.29 is 24.0 Å². The molecule has 1 saturated heterocycles. The van der Waals surface area contributed by atoms with Crippen LogP contribution in [0.25, 0.3) is 0 Å². The van der Waals surface area contributed by atoms with Gasteiger partial charge in [0.1, 0.15) is 17.8 Å². The Morgan fingerprint density at radius 3 is 2.50 bits per heavy atom. The van der Waals surface area contributed by atoms with Crippen LogP contribution in [0, 0.1) is 17.0 Å². The van der Waals surface area contributed by atoms with E-state index in [-0.39, 0.29) is 17.1 Å². The number of benzene rings is 2. The fraction of sp³-hybridized carbons (Fsp3) is 0.250. The number of rotatable bonds is 6. The van der Waals surface area contributed by atoms with Crippen LogP contribution in [0.15, 0.2) is 42.5 Å². The Hall–Kier alpha value is -3.95. The van der Waals surface area contributed by atoms with Gasteiger partial charge in [-0.3, -0.25) is 24.6 Å². The monoisotopic (exact) mass is 412 g/mol. The van der Waals surface area contributed by atoms with E-state index in [9.17, 15) is 24.5 Å². The zero-order valence-corrected chi connectivity index (χ0v) is 16.6. The summed E-state index contributed by atoms with van der Waals surface area (Å²) in [4.78, 5) is 48.9. The minimum atomic E-state index is -1.28. The summed E-state index contributed by atoms with van der Waals surface area (Å²) in [5, 5.41) is 16.0. The fourth-order valence-electron chi connectivity index (χ4n) is 3.15. The van der Waals surface area contributed by atoms with Gasteiger partial charge in [0, 0.05) is 6.07 Å². The third-order valence-electron chi connectivity index (χ3n) is 4.88. The van der Waals surface area contributed by atoms with Crippen molar-refractivity contribution in [1.29, 1.82) is 0 Å². The molecule has 1 unspecified atom stereocenters. The number of nitro benzene ring substituents is 1. The minimum Gasteiger partial charge on any atom is -0.494 e. The van der Waals surface area contributed by atoms with Gasteiger partial charge in [-0.2, -0.15) is 0 Å². The number of carbonyl (C=O) groups is 3. The number of carbonyl (C=O) groups excluding carboxylic acids is 3. The number of urea groups is 1. The van der Waals surface area contributed by atoms with E-state index in [2.05, 4.69) is 10.6 Å². The molecule has 2 aromatic rings. The van der Waals surface area contributed by atoms with Crippen LogP contribution in [0.1, 0.15) is 18.1 Å². The molecule has 30 heavy (non-hydrogen) atoms. The van der Waals surface area contributed by atoms with Crippen LogP contribution in [-0.4, -0.2) is 41.3 Å². The SMILES string of the molecule is COc1cc([N+](=O)[O-])ccc1NC(=O)CN1C(=O)NC(C)(c2ccc(C)cc2)C1=O. The maximum atomic E-state index is 12.9. The molecular formula is C20H20N4O6. The summed E-state index contributed by atoms with van der Waals surface area (Å²) in [7, 11) is 1.30. The maximum Gasteiger partial charge on any atom is 0.325 e. The standard InChI is InChI=1S/C20H20N4O6/c1-12-4-6-13(7-5-12)20(2)18(26)23(19(27)22-20)11-17(25)21-15-9-8-14(24(28)29)10-16(15)30-3/h4-10H,11H2,1-3H3,(H,21,25)(H,22,27). The van der Waals surface area contributed by atoms with Gasteiger partial charge >= 0.3 is 6.03 Å². The van der Waals surface area contributed by atoms with Crippen LogP contribution in [0.4, 0.5) is 16.2 Å². The topological polar surface area (TPSA) is 131 Å². The average Bonchev–Trinajstić information content (AvgIpc) is 2.92. The van der Waals surface area contributed by atoms with Crippen LogP contribution in [0.3, 0.4) is 0 Å². The number of imide groups is 1. The van der Waals surface area contributed by atoms with Crippen LogP contribution in [0.2, 0.25) is 0 Å². The van der Waals surface area contributed by atoms with E-state index in [0.717, 1.165) is 16.5 Å². The zero-order valence-electron chi connectivity index (χ0n) is 16.6. The van der Waals surface area contributed by atoms with Gasteiger partial charge in [-0.05, 0) is 25.5 Å². The van der Waals surface area contributed by atoms with Gasteiger partial charge in [-0.25, -0.2) is 4.79 Å². The Labute approximate surface area is 172 Å². The molecule has 1 fully saturated rings. The van der Waals surface area contributed by atoms with Gasteiger partial charge in [0.05, 0.1) is 23.8 Å². The first-order chi connectivity index (χ1) is 14.2. The highest BCUT2D eigenvalue weighted by Gasteiger charge is 2.49. The molecule has 156 valence electrons. The minimum absolute atomic E-state index is 0.0826.